The van der Waals surface area contributed by atoms with Gasteiger partial charge in [-0.2, -0.15) is 0 Å². The summed E-state index contributed by atoms with van der Waals surface area (Å²) in [6.45, 7) is 1.43. The number of Topliss-reactive ketones (excluding diaryl/α,β-unsaturated/α-hetero) is 1. The fraction of sp³-hybridized carbons (Fsp3) is 0.385. The summed E-state index contributed by atoms with van der Waals surface area (Å²) in [5.41, 5.74) is 0.122. The van der Waals surface area contributed by atoms with E-state index >= 15 is 0 Å². The molecule has 1 amide bonds. The number of nitro groups is 1. The number of benzene rings is 1. The van der Waals surface area contributed by atoms with Crippen molar-refractivity contribution in [3.05, 3.63) is 33.9 Å². The Morgan fingerprint density at radius 3 is 2.75 bits per heavy atom. The van der Waals surface area contributed by atoms with E-state index in [-0.39, 0.29) is 54.1 Å². The van der Waals surface area contributed by atoms with Gasteiger partial charge in [0.1, 0.15) is 5.69 Å². The Morgan fingerprint density at radius 2 is 2.25 bits per heavy atom. The average Bonchev–Trinajstić information content (AvgIpc) is 2.79. The molecule has 0 spiro atoms. The van der Waals surface area contributed by atoms with E-state index < -0.39 is 4.92 Å². The van der Waals surface area contributed by atoms with E-state index in [4.69, 9.17) is 5.11 Å². The number of aliphatic hydroxyl groups excluding tert-OH is 1. The van der Waals surface area contributed by atoms with Gasteiger partial charge in [-0.15, -0.1) is 0 Å². The van der Waals surface area contributed by atoms with Gasteiger partial charge in [0.15, 0.2) is 5.78 Å². The van der Waals surface area contributed by atoms with E-state index in [9.17, 15) is 19.7 Å². The van der Waals surface area contributed by atoms with Crippen molar-refractivity contribution >= 4 is 23.1 Å². The Morgan fingerprint density at radius 1 is 1.55 bits per heavy atom. The van der Waals surface area contributed by atoms with Crippen molar-refractivity contribution in [3.8, 4) is 0 Å². The third kappa shape index (κ3) is 2.53. The van der Waals surface area contributed by atoms with Crippen LogP contribution in [0, 0.1) is 16.0 Å². The molecule has 0 bridgehead atoms. The molecule has 1 heterocycles. The van der Waals surface area contributed by atoms with Gasteiger partial charge < -0.3 is 10.0 Å². The van der Waals surface area contributed by atoms with Crippen LogP contribution in [0.4, 0.5) is 11.4 Å². The number of aliphatic hydroxyl groups is 1. The van der Waals surface area contributed by atoms with Crippen LogP contribution < -0.4 is 4.90 Å². The first-order valence-electron chi connectivity index (χ1n) is 6.14. The maximum Gasteiger partial charge on any atom is 0.293 e. The lowest BCUT2D eigenvalue weighted by Crippen LogP contribution is -2.25. The van der Waals surface area contributed by atoms with Gasteiger partial charge in [0, 0.05) is 37.1 Å². The highest BCUT2D eigenvalue weighted by Crippen LogP contribution is 2.33. The molecule has 1 fully saturated rings. The quantitative estimate of drug-likeness (QED) is 0.505. The van der Waals surface area contributed by atoms with Crippen LogP contribution in [0.2, 0.25) is 0 Å². The zero-order valence-electron chi connectivity index (χ0n) is 10.9. The van der Waals surface area contributed by atoms with Gasteiger partial charge >= 0.3 is 0 Å². The molecule has 1 unspecified atom stereocenters. The van der Waals surface area contributed by atoms with Crippen LogP contribution >= 0.6 is 0 Å². The van der Waals surface area contributed by atoms with Crippen LogP contribution in [0.3, 0.4) is 0 Å². The highest BCUT2D eigenvalue weighted by Gasteiger charge is 2.34. The first-order chi connectivity index (χ1) is 9.43. The first-order valence-corrected chi connectivity index (χ1v) is 6.14. The summed E-state index contributed by atoms with van der Waals surface area (Å²) in [5.74, 6) is -0.752. The van der Waals surface area contributed by atoms with Crippen LogP contribution in [-0.4, -0.2) is 34.9 Å². The highest BCUT2D eigenvalue weighted by atomic mass is 16.6. The number of carbonyl (C=O) groups excluding carboxylic acids is 2. The fourth-order valence-electron chi connectivity index (χ4n) is 2.25. The molecule has 1 atom stereocenters. The molecule has 1 aliphatic heterocycles. The summed E-state index contributed by atoms with van der Waals surface area (Å²) in [4.78, 5) is 34.9. The number of anilines is 1. The molecule has 1 aromatic carbocycles. The standard InChI is InChI=1S/C13H14N2O5/c1-8(17)10-2-3-11(12(5-10)15(19)20)14-6-9(7-16)4-13(14)18/h2-3,5,9,16H,4,6-7H2,1H3. The molecule has 0 aliphatic carbocycles. The maximum atomic E-state index is 11.9. The van der Waals surface area contributed by atoms with E-state index in [0.29, 0.717) is 0 Å². The molecular weight excluding hydrogens is 264 g/mol. The smallest absolute Gasteiger partial charge is 0.293 e. The van der Waals surface area contributed by atoms with Gasteiger partial charge in [-0.1, -0.05) is 0 Å². The Hall–Kier alpha value is -2.28. The Kier molecular flexibility index (Phi) is 3.80. The number of nitro benzene ring substituents is 1. The predicted molar refractivity (Wildman–Crippen MR) is 70.6 cm³/mol. The lowest BCUT2D eigenvalue weighted by molar-refractivity contribution is -0.384. The van der Waals surface area contributed by atoms with Crippen LogP contribution in [0.5, 0.6) is 0 Å². The molecule has 7 heteroatoms. The van der Waals surface area contributed by atoms with E-state index in [1.165, 1.54) is 30.0 Å². The summed E-state index contributed by atoms with van der Waals surface area (Å²) >= 11 is 0. The molecule has 0 saturated carbocycles. The number of amides is 1. The fourth-order valence-corrected chi connectivity index (χ4v) is 2.25. The Balaban J connectivity index is 2.44. The monoisotopic (exact) mass is 278 g/mol. The third-order valence-electron chi connectivity index (χ3n) is 3.33. The molecule has 1 aliphatic rings. The minimum atomic E-state index is -0.610. The van der Waals surface area contributed by atoms with Gasteiger partial charge in [0.2, 0.25) is 5.91 Å². The van der Waals surface area contributed by atoms with Crippen molar-refractivity contribution in [3.63, 3.8) is 0 Å². The van der Waals surface area contributed by atoms with Crippen molar-refractivity contribution in [2.24, 2.45) is 5.92 Å². The Bertz CT molecular complexity index is 584. The second-order valence-corrected chi connectivity index (χ2v) is 4.77. The molecule has 1 N–H and O–H groups in total. The second-order valence-electron chi connectivity index (χ2n) is 4.77. The number of hydrogen-bond acceptors (Lipinski definition) is 5. The zero-order chi connectivity index (χ0) is 14.9. The van der Waals surface area contributed by atoms with E-state index in [1.807, 2.05) is 0 Å². The lowest BCUT2D eigenvalue weighted by Gasteiger charge is -2.16. The van der Waals surface area contributed by atoms with Crippen molar-refractivity contribution in [2.45, 2.75) is 13.3 Å². The zero-order valence-corrected chi connectivity index (χ0v) is 10.9. The van der Waals surface area contributed by atoms with Crippen LogP contribution in [-0.2, 0) is 4.79 Å². The molecule has 7 nitrogen and oxygen atoms in total. The average molecular weight is 278 g/mol. The minimum Gasteiger partial charge on any atom is -0.396 e. The van der Waals surface area contributed by atoms with Crippen molar-refractivity contribution in [2.75, 3.05) is 18.1 Å². The van der Waals surface area contributed by atoms with Crippen molar-refractivity contribution in [1.29, 1.82) is 0 Å². The van der Waals surface area contributed by atoms with Gasteiger partial charge in [-0.25, -0.2) is 0 Å². The van der Waals surface area contributed by atoms with Gasteiger partial charge in [-0.3, -0.25) is 19.7 Å². The molecular formula is C13H14N2O5. The summed E-state index contributed by atoms with van der Waals surface area (Å²) in [7, 11) is 0. The number of hydrogen-bond donors (Lipinski definition) is 1. The molecule has 1 saturated heterocycles. The number of rotatable bonds is 4. The SMILES string of the molecule is CC(=O)c1ccc(N2CC(CO)CC2=O)c([N+](=O)[O-])c1. The van der Waals surface area contributed by atoms with E-state index in [0.717, 1.165) is 0 Å². The largest absolute Gasteiger partial charge is 0.396 e. The molecule has 20 heavy (non-hydrogen) atoms. The Labute approximate surface area is 115 Å². The van der Waals surface area contributed by atoms with Gasteiger partial charge in [0.25, 0.3) is 5.69 Å². The van der Waals surface area contributed by atoms with E-state index in [1.54, 1.807) is 0 Å². The molecule has 1 aromatic rings. The minimum absolute atomic E-state index is 0.137. The predicted octanol–water partition coefficient (Wildman–Crippen LogP) is 1.14. The summed E-state index contributed by atoms with van der Waals surface area (Å²) in [6.07, 6.45) is 0.169. The third-order valence-corrected chi connectivity index (χ3v) is 3.33. The van der Waals surface area contributed by atoms with Crippen molar-refractivity contribution < 1.29 is 19.6 Å². The normalized spacial score (nSPS) is 18.4. The first kappa shape index (κ1) is 14.1. The van der Waals surface area contributed by atoms with Crippen LogP contribution in [0.1, 0.15) is 23.7 Å². The molecule has 0 aromatic heterocycles. The maximum absolute atomic E-state index is 11.9. The molecule has 2 rings (SSSR count). The summed E-state index contributed by atoms with van der Waals surface area (Å²) in [5, 5.41) is 20.2. The van der Waals surface area contributed by atoms with Gasteiger partial charge in [-0.05, 0) is 19.1 Å². The van der Waals surface area contributed by atoms with Crippen LogP contribution in [0.25, 0.3) is 0 Å². The summed E-state index contributed by atoms with van der Waals surface area (Å²) in [6, 6.07) is 4.05. The highest BCUT2D eigenvalue weighted by molar-refractivity contribution is 6.00. The number of nitrogens with zero attached hydrogens (tertiary/aromatic N) is 2. The van der Waals surface area contributed by atoms with Crippen LogP contribution in [0.15, 0.2) is 18.2 Å². The molecule has 0 radical (unpaired) electrons. The lowest BCUT2D eigenvalue weighted by atomic mass is 10.1. The van der Waals surface area contributed by atoms with E-state index in [2.05, 4.69) is 0 Å². The topological polar surface area (TPSA) is 101 Å². The van der Waals surface area contributed by atoms with Gasteiger partial charge in [0.05, 0.1) is 4.92 Å². The number of carbonyl (C=O) groups is 2. The second kappa shape index (κ2) is 5.38. The van der Waals surface area contributed by atoms with Crippen molar-refractivity contribution in [1.82, 2.24) is 0 Å². The number of ketones is 1. The molecule has 106 valence electrons. The summed E-state index contributed by atoms with van der Waals surface area (Å²) < 4.78 is 0.